The zero-order chi connectivity index (χ0) is 12.4. The Balaban J connectivity index is 1.67. The summed E-state index contributed by atoms with van der Waals surface area (Å²) in [5.74, 6) is 0. The average Bonchev–Trinajstić information content (AvgIpc) is 3.05. The molecule has 3 rings (SSSR count). The predicted octanol–water partition coefficient (Wildman–Crippen LogP) is 3.84. The molecule has 2 aromatic rings. The van der Waals surface area contributed by atoms with Gasteiger partial charge in [0.1, 0.15) is 6.26 Å². The lowest BCUT2D eigenvalue weighted by molar-refractivity contribution is 0.454. The van der Waals surface area contributed by atoms with Crippen molar-refractivity contribution in [3.05, 3.63) is 40.7 Å². The molecule has 0 radical (unpaired) electrons. The predicted molar refractivity (Wildman–Crippen MR) is 74.6 cm³/mol. The average molecular weight is 325 g/mol. The van der Waals surface area contributed by atoms with E-state index in [1.54, 1.807) is 12.5 Å². The largest absolute Gasteiger partial charge is 0.440 e. The van der Waals surface area contributed by atoms with Gasteiger partial charge in [-0.2, -0.15) is 0 Å². The fourth-order valence-electron chi connectivity index (χ4n) is 1.64. The van der Waals surface area contributed by atoms with Gasteiger partial charge in [-0.25, -0.2) is 4.98 Å². The maximum absolute atomic E-state index is 5.22. The van der Waals surface area contributed by atoms with Crippen LogP contribution in [0.1, 0.15) is 18.4 Å². The zero-order valence-electron chi connectivity index (χ0n) is 9.73. The Bertz CT molecular complexity index is 526. The highest BCUT2D eigenvalue weighted by Crippen LogP contribution is 2.30. The summed E-state index contributed by atoms with van der Waals surface area (Å²) in [4.78, 5) is 5.22. The van der Waals surface area contributed by atoms with Gasteiger partial charge in [0.05, 0.1) is 6.20 Å². The first-order valence-corrected chi connectivity index (χ1v) is 7.51. The fourth-order valence-corrected chi connectivity index (χ4v) is 3.04. The lowest BCUT2D eigenvalue weighted by atomic mass is 10.2. The molecule has 1 aromatic heterocycles. The van der Waals surface area contributed by atoms with Crippen molar-refractivity contribution in [2.45, 2.75) is 35.5 Å². The third-order valence-corrected chi connectivity index (χ3v) is 4.40. The molecule has 1 fully saturated rings. The van der Waals surface area contributed by atoms with Gasteiger partial charge in [0, 0.05) is 22.0 Å². The molecule has 1 aromatic carbocycles. The minimum atomic E-state index is 0.672. The van der Waals surface area contributed by atoms with Gasteiger partial charge >= 0.3 is 0 Å². The van der Waals surface area contributed by atoms with Crippen molar-refractivity contribution in [3.8, 4) is 0 Å². The van der Waals surface area contributed by atoms with Crippen molar-refractivity contribution >= 4 is 27.7 Å². The fraction of sp³-hybridized carbons (Fsp3) is 0.308. The number of hydrogen-bond donors (Lipinski definition) is 1. The van der Waals surface area contributed by atoms with Crippen LogP contribution in [0.2, 0.25) is 0 Å². The SMILES string of the molecule is Brc1cc(Sc2ncco2)ccc1CNC1CC1. The standard InChI is InChI=1S/C13H13BrN2OS/c14-12-7-11(18-13-15-5-6-17-13)4-1-9(12)8-16-10-2-3-10/h1,4-7,10,16H,2-3,8H2. The molecule has 5 heteroatoms. The van der Waals surface area contributed by atoms with Gasteiger partial charge in [-0.15, -0.1) is 0 Å². The summed E-state index contributed by atoms with van der Waals surface area (Å²) in [7, 11) is 0. The number of nitrogens with one attached hydrogen (secondary N) is 1. The van der Waals surface area contributed by atoms with E-state index >= 15 is 0 Å². The second kappa shape index (κ2) is 5.47. The smallest absolute Gasteiger partial charge is 0.260 e. The summed E-state index contributed by atoms with van der Waals surface area (Å²) in [6, 6.07) is 7.09. The summed E-state index contributed by atoms with van der Waals surface area (Å²) in [6.07, 6.45) is 5.88. The molecule has 0 bridgehead atoms. The third-order valence-electron chi connectivity index (χ3n) is 2.80. The molecule has 0 unspecified atom stereocenters. The minimum Gasteiger partial charge on any atom is -0.440 e. The summed E-state index contributed by atoms with van der Waals surface area (Å²) in [6.45, 7) is 0.926. The van der Waals surface area contributed by atoms with E-state index in [1.807, 2.05) is 0 Å². The zero-order valence-corrected chi connectivity index (χ0v) is 12.1. The Kier molecular flexibility index (Phi) is 3.72. The van der Waals surface area contributed by atoms with Gasteiger partial charge in [0.25, 0.3) is 5.22 Å². The van der Waals surface area contributed by atoms with Crippen molar-refractivity contribution < 1.29 is 4.42 Å². The van der Waals surface area contributed by atoms with Crippen LogP contribution in [0.3, 0.4) is 0 Å². The lowest BCUT2D eigenvalue weighted by Crippen LogP contribution is -2.15. The number of nitrogens with zero attached hydrogens (tertiary/aromatic N) is 1. The highest BCUT2D eigenvalue weighted by atomic mass is 79.9. The first-order valence-electron chi connectivity index (χ1n) is 5.90. The van der Waals surface area contributed by atoms with Gasteiger partial charge in [-0.3, -0.25) is 0 Å². The number of hydrogen-bond acceptors (Lipinski definition) is 4. The van der Waals surface area contributed by atoms with E-state index in [2.05, 4.69) is 44.4 Å². The Hall–Kier alpha value is -0.780. The van der Waals surface area contributed by atoms with E-state index < -0.39 is 0 Å². The Morgan fingerprint density at radius 2 is 2.33 bits per heavy atom. The number of aromatic nitrogens is 1. The third kappa shape index (κ3) is 3.16. The van der Waals surface area contributed by atoms with Crippen LogP contribution in [-0.4, -0.2) is 11.0 Å². The second-order valence-electron chi connectivity index (χ2n) is 4.31. The van der Waals surface area contributed by atoms with Crippen molar-refractivity contribution in [1.29, 1.82) is 0 Å². The number of halogens is 1. The normalized spacial score (nSPS) is 14.9. The van der Waals surface area contributed by atoms with Crippen molar-refractivity contribution in [2.75, 3.05) is 0 Å². The molecule has 0 aliphatic heterocycles. The van der Waals surface area contributed by atoms with Crippen LogP contribution in [0, 0.1) is 0 Å². The molecule has 0 spiro atoms. The molecule has 0 atom stereocenters. The minimum absolute atomic E-state index is 0.672. The summed E-state index contributed by atoms with van der Waals surface area (Å²) in [5, 5.41) is 4.18. The van der Waals surface area contributed by atoms with E-state index in [4.69, 9.17) is 4.42 Å². The molecule has 18 heavy (non-hydrogen) atoms. The van der Waals surface area contributed by atoms with Crippen LogP contribution < -0.4 is 5.32 Å². The van der Waals surface area contributed by atoms with Gasteiger partial charge in [0.2, 0.25) is 0 Å². The summed E-state index contributed by atoms with van der Waals surface area (Å²) >= 11 is 5.14. The first-order chi connectivity index (χ1) is 8.81. The van der Waals surface area contributed by atoms with E-state index in [9.17, 15) is 0 Å². The molecular formula is C13H13BrN2OS. The summed E-state index contributed by atoms with van der Waals surface area (Å²) < 4.78 is 6.35. The topological polar surface area (TPSA) is 38.1 Å². The lowest BCUT2D eigenvalue weighted by Gasteiger charge is -2.07. The highest BCUT2D eigenvalue weighted by molar-refractivity contribution is 9.10. The van der Waals surface area contributed by atoms with Gasteiger partial charge in [-0.05, 0) is 42.3 Å². The Morgan fingerprint density at radius 1 is 1.44 bits per heavy atom. The van der Waals surface area contributed by atoms with Gasteiger partial charge in [-0.1, -0.05) is 22.0 Å². The Morgan fingerprint density at radius 3 is 3.00 bits per heavy atom. The molecule has 1 saturated carbocycles. The summed E-state index contributed by atoms with van der Waals surface area (Å²) in [5.41, 5.74) is 1.29. The highest BCUT2D eigenvalue weighted by Gasteiger charge is 2.20. The maximum atomic E-state index is 5.22. The van der Waals surface area contributed by atoms with Crippen LogP contribution in [0.15, 0.2) is 49.7 Å². The maximum Gasteiger partial charge on any atom is 0.260 e. The Labute approximate surface area is 118 Å². The van der Waals surface area contributed by atoms with Gasteiger partial charge < -0.3 is 9.73 Å². The van der Waals surface area contributed by atoms with Crippen LogP contribution in [0.4, 0.5) is 0 Å². The molecular weight excluding hydrogens is 312 g/mol. The second-order valence-corrected chi connectivity index (χ2v) is 6.19. The molecule has 0 saturated heterocycles. The van der Waals surface area contributed by atoms with Crippen molar-refractivity contribution in [3.63, 3.8) is 0 Å². The molecule has 1 aliphatic carbocycles. The van der Waals surface area contributed by atoms with E-state index in [-0.39, 0.29) is 0 Å². The van der Waals surface area contributed by atoms with Crippen molar-refractivity contribution in [2.24, 2.45) is 0 Å². The van der Waals surface area contributed by atoms with Crippen LogP contribution in [-0.2, 0) is 6.54 Å². The van der Waals surface area contributed by atoms with Gasteiger partial charge in [0.15, 0.2) is 0 Å². The van der Waals surface area contributed by atoms with E-state index in [0.717, 1.165) is 22.0 Å². The van der Waals surface area contributed by atoms with Crippen LogP contribution >= 0.6 is 27.7 Å². The van der Waals surface area contributed by atoms with E-state index in [1.165, 1.54) is 30.2 Å². The number of rotatable bonds is 5. The molecule has 1 heterocycles. The molecule has 94 valence electrons. The van der Waals surface area contributed by atoms with E-state index in [0.29, 0.717) is 5.22 Å². The monoisotopic (exact) mass is 324 g/mol. The quantitative estimate of drug-likeness (QED) is 0.906. The first kappa shape index (κ1) is 12.3. The number of benzene rings is 1. The molecule has 1 N–H and O–H groups in total. The molecule has 1 aliphatic rings. The molecule has 0 amide bonds. The van der Waals surface area contributed by atoms with Crippen LogP contribution in [0.25, 0.3) is 0 Å². The van der Waals surface area contributed by atoms with Crippen LogP contribution in [0.5, 0.6) is 0 Å². The van der Waals surface area contributed by atoms with Crippen molar-refractivity contribution in [1.82, 2.24) is 10.3 Å². The molecule has 3 nitrogen and oxygen atoms in total. The number of oxazole rings is 1.